The molecule has 0 spiro atoms. The van der Waals surface area contributed by atoms with Gasteiger partial charge < -0.3 is 5.32 Å². The van der Waals surface area contributed by atoms with E-state index in [9.17, 15) is 13.2 Å². The maximum atomic E-state index is 13.0. The lowest BCUT2D eigenvalue weighted by atomic mass is 10.1. The van der Waals surface area contributed by atoms with E-state index in [0.29, 0.717) is 23.7 Å². The number of benzene rings is 2. The van der Waals surface area contributed by atoms with Gasteiger partial charge in [-0.1, -0.05) is 48.9 Å². The molecule has 1 saturated heterocycles. The molecule has 2 aromatic carbocycles. The Kier molecular flexibility index (Phi) is 7.97. The Hall–Kier alpha value is -2.09. The Bertz CT molecular complexity index is 1010. The molecule has 8 heteroatoms. The molecule has 0 aliphatic carbocycles. The number of likely N-dealkylation sites (tertiary alicyclic amines) is 1. The molecule has 0 saturated carbocycles. The molecule has 0 radical (unpaired) electrons. The quantitative estimate of drug-likeness (QED) is 0.614. The van der Waals surface area contributed by atoms with Crippen LogP contribution in [0.15, 0.2) is 48.5 Å². The van der Waals surface area contributed by atoms with Crippen LogP contribution in [-0.2, 0) is 27.9 Å². The summed E-state index contributed by atoms with van der Waals surface area (Å²) in [5.74, 6) is -0.335. The molecule has 1 aliphatic rings. The summed E-state index contributed by atoms with van der Waals surface area (Å²) >= 11 is 6.06. The van der Waals surface area contributed by atoms with Crippen LogP contribution in [0.5, 0.6) is 0 Å². The highest BCUT2D eigenvalue weighted by atomic mass is 35.5. The zero-order valence-corrected chi connectivity index (χ0v) is 19.6. The highest BCUT2D eigenvalue weighted by Gasteiger charge is 2.31. The molecular formula is C23H30ClN3O3S. The van der Waals surface area contributed by atoms with Crippen LogP contribution < -0.4 is 9.62 Å². The Labute approximate surface area is 190 Å². The van der Waals surface area contributed by atoms with E-state index in [2.05, 4.69) is 22.3 Å². The zero-order chi connectivity index (χ0) is 22.4. The fourth-order valence-corrected chi connectivity index (χ4v) is 5.41. The summed E-state index contributed by atoms with van der Waals surface area (Å²) in [6, 6.07) is 13.9. The maximum absolute atomic E-state index is 13.0. The van der Waals surface area contributed by atoms with Gasteiger partial charge in [0.25, 0.3) is 0 Å². The van der Waals surface area contributed by atoms with Gasteiger partial charge in [-0.3, -0.25) is 14.0 Å². The molecule has 3 rings (SSSR count). The molecule has 0 aromatic heterocycles. The fraction of sp³-hybridized carbons (Fsp3) is 0.435. The van der Waals surface area contributed by atoms with E-state index >= 15 is 0 Å². The number of sulfonamides is 1. The molecule has 2 aromatic rings. The van der Waals surface area contributed by atoms with Crippen LogP contribution in [0.1, 0.15) is 37.3 Å². The van der Waals surface area contributed by atoms with Crippen LogP contribution in [0.4, 0.5) is 5.69 Å². The minimum absolute atomic E-state index is 0.334. The van der Waals surface area contributed by atoms with Gasteiger partial charge >= 0.3 is 0 Å². The molecule has 168 valence electrons. The van der Waals surface area contributed by atoms with Gasteiger partial charge in [0.15, 0.2) is 0 Å². The normalized spacial score (nSPS) is 15.6. The summed E-state index contributed by atoms with van der Waals surface area (Å²) in [6.45, 7) is 5.31. The van der Waals surface area contributed by atoms with Gasteiger partial charge in [0.1, 0.15) is 6.04 Å². The van der Waals surface area contributed by atoms with Crippen LogP contribution in [0.2, 0.25) is 5.02 Å². The van der Waals surface area contributed by atoms with Crippen molar-refractivity contribution in [2.45, 2.75) is 45.3 Å². The molecule has 1 amide bonds. The predicted octanol–water partition coefficient (Wildman–Crippen LogP) is 3.80. The first-order valence-corrected chi connectivity index (χ1v) is 12.8. The average Bonchev–Trinajstić information content (AvgIpc) is 3.22. The summed E-state index contributed by atoms with van der Waals surface area (Å²) in [7, 11) is -3.69. The number of rotatable bonds is 9. The van der Waals surface area contributed by atoms with E-state index in [1.807, 2.05) is 12.1 Å². The van der Waals surface area contributed by atoms with E-state index in [1.165, 1.54) is 18.4 Å². The Morgan fingerprint density at radius 3 is 2.45 bits per heavy atom. The first-order chi connectivity index (χ1) is 14.8. The number of hydrogen-bond donors (Lipinski definition) is 1. The van der Waals surface area contributed by atoms with Crippen LogP contribution in [-0.4, -0.2) is 44.6 Å². The first kappa shape index (κ1) is 23.6. The van der Waals surface area contributed by atoms with Crippen LogP contribution >= 0.6 is 11.6 Å². The van der Waals surface area contributed by atoms with Crippen molar-refractivity contribution in [3.63, 3.8) is 0 Å². The van der Waals surface area contributed by atoms with Crippen molar-refractivity contribution in [1.82, 2.24) is 10.2 Å². The third-order valence-electron chi connectivity index (χ3n) is 5.46. The van der Waals surface area contributed by atoms with Crippen LogP contribution in [0.3, 0.4) is 0 Å². The summed E-state index contributed by atoms with van der Waals surface area (Å²) in [5, 5.41) is 3.33. The molecule has 0 bridgehead atoms. The lowest BCUT2D eigenvalue weighted by Gasteiger charge is -2.30. The summed E-state index contributed by atoms with van der Waals surface area (Å²) in [5.41, 5.74) is 2.59. The third kappa shape index (κ3) is 6.45. The SMILES string of the molecule is CC[C@H](C(=O)NCc1cccc(CN2CCCC2)c1)N(c1cccc(Cl)c1)S(C)(=O)=O. The average molecular weight is 464 g/mol. The second-order valence-corrected chi connectivity index (χ2v) is 10.3. The van der Waals surface area contributed by atoms with E-state index in [4.69, 9.17) is 11.6 Å². The molecule has 1 fully saturated rings. The Balaban J connectivity index is 1.71. The molecule has 1 aliphatic heterocycles. The molecular weight excluding hydrogens is 434 g/mol. The van der Waals surface area contributed by atoms with Crippen molar-refractivity contribution < 1.29 is 13.2 Å². The van der Waals surface area contributed by atoms with Crippen molar-refractivity contribution in [3.05, 3.63) is 64.7 Å². The second-order valence-electron chi connectivity index (χ2n) is 7.98. The smallest absolute Gasteiger partial charge is 0.244 e. The van der Waals surface area contributed by atoms with Crippen molar-refractivity contribution in [3.8, 4) is 0 Å². The highest BCUT2D eigenvalue weighted by Crippen LogP contribution is 2.25. The molecule has 1 heterocycles. The van der Waals surface area contributed by atoms with Crippen LogP contribution in [0, 0.1) is 0 Å². The van der Waals surface area contributed by atoms with Gasteiger partial charge in [-0.2, -0.15) is 0 Å². The van der Waals surface area contributed by atoms with Gasteiger partial charge in [0, 0.05) is 18.1 Å². The number of anilines is 1. The number of amides is 1. The Morgan fingerprint density at radius 1 is 1.13 bits per heavy atom. The largest absolute Gasteiger partial charge is 0.350 e. The van der Waals surface area contributed by atoms with E-state index < -0.39 is 16.1 Å². The van der Waals surface area contributed by atoms with Gasteiger partial charge in [-0.05, 0) is 61.7 Å². The molecule has 1 N–H and O–H groups in total. The zero-order valence-electron chi connectivity index (χ0n) is 18.1. The Morgan fingerprint density at radius 2 is 1.81 bits per heavy atom. The van der Waals surface area contributed by atoms with Crippen molar-refractivity contribution in [2.24, 2.45) is 0 Å². The maximum Gasteiger partial charge on any atom is 0.244 e. The fourth-order valence-electron chi connectivity index (χ4n) is 4.02. The summed E-state index contributed by atoms with van der Waals surface area (Å²) in [4.78, 5) is 15.4. The molecule has 6 nitrogen and oxygen atoms in total. The number of carbonyl (C=O) groups excluding carboxylic acids is 1. The third-order valence-corrected chi connectivity index (χ3v) is 6.87. The highest BCUT2D eigenvalue weighted by molar-refractivity contribution is 7.92. The van der Waals surface area contributed by atoms with E-state index in [1.54, 1.807) is 31.2 Å². The lowest BCUT2D eigenvalue weighted by Crippen LogP contribution is -2.49. The molecule has 31 heavy (non-hydrogen) atoms. The standard InChI is InChI=1S/C23H30ClN3O3S/c1-3-22(27(31(2,29)30)21-11-7-10-20(24)15-21)23(28)25-16-18-8-6-9-19(14-18)17-26-12-4-5-13-26/h6-11,14-15,22H,3-5,12-13,16-17H2,1-2H3,(H,25,28)/t22-/m1/s1. The number of halogens is 1. The van der Waals surface area contributed by atoms with Gasteiger partial charge in [-0.15, -0.1) is 0 Å². The van der Waals surface area contributed by atoms with Gasteiger partial charge in [0.2, 0.25) is 15.9 Å². The molecule has 1 atom stereocenters. The minimum atomic E-state index is -3.69. The van der Waals surface area contributed by atoms with Gasteiger partial charge in [-0.25, -0.2) is 8.42 Å². The second kappa shape index (κ2) is 10.5. The summed E-state index contributed by atoms with van der Waals surface area (Å²) < 4.78 is 26.2. The van der Waals surface area contributed by atoms with Crippen LogP contribution in [0.25, 0.3) is 0 Å². The first-order valence-electron chi connectivity index (χ1n) is 10.6. The monoisotopic (exact) mass is 463 g/mol. The van der Waals surface area contributed by atoms with E-state index in [0.717, 1.165) is 35.8 Å². The number of hydrogen-bond acceptors (Lipinski definition) is 4. The van der Waals surface area contributed by atoms with E-state index in [-0.39, 0.29) is 5.91 Å². The predicted molar refractivity (Wildman–Crippen MR) is 126 cm³/mol. The number of nitrogens with one attached hydrogen (secondary N) is 1. The lowest BCUT2D eigenvalue weighted by molar-refractivity contribution is -0.122. The topological polar surface area (TPSA) is 69.7 Å². The van der Waals surface area contributed by atoms with Crippen molar-refractivity contribution >= 4 is 33.2 Å². The number of nitrogens with zero attached hydrogens (tertiary/aromatic N) is 2. The van der Waals surface area contributed by atoms with Gasteiger partial charge in [0.05, 0.1) is 11.9 Å². The molecule has 0 unspecified atom stereocenters. The van der Waals surface area contributed by atoms with Crippen molar-refractivity contribution in [1.29, 1.82) is 0 Å². The van der Waals surface area contributed by atoms with Crippen molar-refractivity contribution in [2.75, 3.05) is 23.7 Å². The number of carbonyl (C=O) groups is 1. The minimum Gasteiger partial charge on any atom is -0.350 e. The summed E-state index contributed by atoms with van der Waals surface area (Å²) in [6.07, 6.45) is 3.93.